The third-order valence-electron chi connectivity index (χ3n) is 3.88. The van der Waals surface area contributed by atoms with E-state index in [2.05, 4.69) is 5.32 Å². The molecule has 0 bridgehead atoms. The highest BCUT2D eigenvalue weighted by atomic mass is 32.2. The molecule has 0 fully saturated rings. The molecule has 2 aromatic carbocycles. The van der Waals surface area contributed by atoms with Gasteiger partial charge >= 0.3 is 0 Å². The Labute approximate surface area is 166 Å². The first-order valence-corrected chi connectivity index (χ1v) is 10.2. The van der Waals surface area contributed by atoms with Crippen molar-refractivity contribution in [3.63, 3.8) is 0 Å². The molecule has 0 aromatic heterocycles. The first-order valence-electron chi connectivity index (χ1n) is 8.80. The number of methoxy groups -OCH3 is 1. The van der Waals surface area contributed by atoms with Gasteiger partial charge < -0.3 is 14.8 Å². The van der Waals surface area contributed by atoms with E-state index in [1.165, 1.54) is 39.4 Å². The Morgan fingerprint density at radius 3 is 2.46 bits per heavy atom. The second-order valence-corrected chi connectivity index (χ2v) is 8.99. The van der Waals surface area contributed by atoms with Crippen LogP contribution in [-0.2, 0) is 10.0 Å². The molecule has 8 heteroatoms. The first kappa shape index (κ1) is 21.7. The molecule has 7 nitrogen and oxygen atoms in total. The van der Waals surface area contributed by atoms with Crippen molar-refractivity contribution in [1.29, 1.82) is 0 Å². The minimum Gasteiger partial charge on any atom is -0.495 e. The zero-order valence-electron chi connectivity index (χ0n) is 16.7. The Balaban J connectivity index is 2.29. The second-order valence-electron chi connectivity index (χ2n) is 6.84. The lowest BCUT2D eigenvalue weighted by molar-refractivity contribution is 0.102. The third kappa shape index (κ3) is 5.24. The van der Waals surface area contributed by atoms with Crippen LogP contribution in [0.15, 0.2) is 47.4 Å². The molecule has 28 heavy (non-hydrogen) atoms. The third-order valence-corrected chi connectivity index (χ3v) is 5.69. The van der Waals surface area contributed by atoms with E-state index in [9.17, 15) is 13.2 Å². The van der Waals surface area contributed by atoms with Crippen molar-refractivity contribution in [2.75, 3.05) is 33.1 Å². The lowest BCUT2D eigenvalue weighted by Crippen LogP contribution is -2.22. The van der Waals surface area contributed by atoms with Crippen LogP contribution in [0.25, 0.3) is 0 Å². The van der Waals surface area contributed by atoms with Crippen molar-refractivity contribution < 1.29 is 22.7 Å². The van der Waals surface area contributed by atoms with E-state index in [0.717, 1.165) is 4.31 Å². The van der Waals surface area contributed by atoms with E-state index in [1.807, 2.05) is 13.8 Å². The van der Waals surface area contributed by atoms with Crippen molar-refractivity contribution in [3.05, 3.63) is 48.0 Å². The van der Waals surface area contributed by atoms with Gasteiger partial charge in [-0.25, -0.2) is 12.7 Å². The highest BCUT2D eigenvalue weighted by Gasteiger charge is 2.20. The summed E-state index contributed by atoms with van der Waals surface area (Å²) in [5.41, 5.74) is 0.660. The molecular formula is C20H26N2O5S. The Hall–Kier alpha value is -2.58. The Bertz CT molecular complexity index is 939. The zero-order valence-corrected chi connectivity index (χ0v) is 17.5. The smallest absolute Gasteiger partial charge is 0.255 e. The molecule has 0 spiro atoms. The molecule has 0 aliphatic heterocycles. The molecular weight excluding hydrogens is 380 g/mol. The van der Waals surface area contributed by atoms with Crippen LogP contribution in [0.3, 0.4) is 0 Å². The van der Waals surface area contributed by atoms with Crippen LogP contribution >= 0.6 is 0 Å². The van der Waals surface area contributed by atoms with E-state index in [-0.39, 0.29) is 10.6 Å². The Kier molecular flexibility index (Phi) is 7.04. The average Bonchev–Trinajstić information content (AvgIpc) is 2.66. The van der Waals surface area contributed by atoms with E-state index >= 15 is 0 Å². The fourth-order valence-corrected chi connectivity index (χ4v) is 3.27. The number of rotatable bonds is 8. The maximum absolute atomic E-state index is 12.7. The van der Waals surface area contributed by atoms with Crippen LogP contribution in [-0.4, -0.2) is 46.4 Å². The zero-order chi connectivity index (χ0) is 20.9. The molecule has 2 rings (SSSR count). The van der Waals surface area contributed by atoms with Crippen molar-refractivity contribution in [3.8, 4) is 11.5 Å². The maximum atomic E-state index is 12.7. The highest BCUT2D eigenvalue weighted by molar-refractivity contribution is 7.89. The second kappa shape index (κ2) is 9.07. The molecule has 0 atom stereocenters. The molecule has 0 aliphatic rings. The molecule has 2 aromatic rings. The Morgan fingerprint density at radius 1 is 1.14 bits per heavy atom. The van der Waals surface area contributed by atoms with Gasteiger partial charge in [-0.15, -0.1) is 0 Å². The summed E-state index contributed by atoms with van der Waals surface area (Å²) < 4.78 is 36.7. The number of hydrogen-bond donors (Lipinski definition) is 1. The lowest BCUT2D eigenvalue weighted by atomic mass is 10.2. The van der Waals surface area contributed by atoms with Gasteiger partial charge in [0.15, 0.2) is 0 Å². The average molecular weight is 407 g/mol. The predicted octanol–water partition coefficient (Wildman–Crippen LogP) is 3.23. The SMILES string of the molecule is COc1ccc(S(=O)(=O)N(C)C)cc1NC(=O)c1cccc(OCC(C)C)c1. The molecule has 152 valence electrons. The number of benzene rings is 2. The Morgan fingerprint density at radius 2 is 1.86 bits per heavy atom. The summed E-state index contributed by atoms with van der Waals surface area (Å²) in [6.07, 6.45) is 0. The number of amides is 1. The van der Waals surface area contributed by atoms with Crippen LogP contribution in [0.1, 0.15) is 24.2 Å². The topological polar surface area (TPSA) is 84.9 Å². The molecule has 1 N–H and O–H groups in total. The number of sulfonamides is 1. The van der Waals surface area contributed by atoms with Gasteiger partial charge in [-0.1, -0.05) is 19.9 Å². The predicted molar refractivity (Wildman–Crippen MR) is 109 cm³/mol. The standard InChI is InChI=1S/C20H26N2O5S/c1-14(2)13-27-16-8-6-7-15(11-16)20(23)21-18-12-17(9-10-19(18)26-5)28(24,25)22(3)4/h6-12,14H,13H2,1-5H3,(H,21,23). The van der Waals surface area contributed by atoms with Gasteiger partial charge in [0.1, 0.15) is 11.5 Å². The van der Waals surface area contributed by atoms with Crippen molar-refractivity contribution in [2.45, 2.75) is 18.7 Å². The quantitative estimate of drug-likeness (QED) is 0.727. The molecule has 0 heterocycles. The van der Waals surface area contributed by atoms with E-state index < -0.39 is 15.9 Å². The molecule has 0 saturated carbocycles. The van der Waals surface area contributed by atoms with E-state index in [4.69, 9.17) is 9.47 Å². The van der Waals surface area contributed by atoms with Gasteiger partial charge in [-0.3, -0.25) is 4.79 Å². The van der Waals surface area contributed by atoms with Crippen molar-refractivity contribution in [2.24, 2.45) is 5.92 Å². The summed E-state index contributed by atoms with van der Waals surface area (Å²) in [4.78, 5) is 12.7. The van der Waals surface area contributed by atoms with Crippen LogP contribution < -0.4 is 14.8 Å². The maximum Gasteiger partial charge on any atom is 0.255 e. The van der Waals surface area contributed by atoms with Gasteiger partial charge in [-0.05, 0) is 42.3 Å². The van der Waals surface area contributed by atoms with E-state index in [1.54, 1.807) is 24.3 Å². The minimum atomic E-state index is -3.64. The number of ether oxygens (including phenoxy) is 2. The number of nitrogens with zero attached hydrogens (tertiary/aromatic N) is 1. The molecule has 0 radical (unpaired) electrons. The first-order chi connectivity index (χ1) is 13.1. The van der Waals surface area contributed by atoms with Crippen LogP contribution in [0.5, 0.6) is 11.5 Å². The molecule has 1 amide bonds. The number of hydrogen-bond acceptors (Lipinski definition) is 5. The summed E-state index contributed by atoms with van der Waals surface area (Å²) in [6, 6.07) is 11.1. The minimum absolute atomic E-state index is 0.0580. The van der Waals surface area contributed by atoms with E-state index in [0.29, 0.717) is 29.6 Å². The van der Waals surface area contributed by atoms with Crippen molar-refractivity contribution >= 4 is 21.6 Å². The van der Waals surface area contributed by atoms with Crippen LogP contribution in [0.4, 0.5) is 5.69 Å². The normalized spacial score (nSPS) is 11.5. The number of carbonyl (C=O) groups excluding carboxylic acids is 1. The summed E-state index contributed by atoms with van der Waals surface area (Å²) in [7, 11) is 0.699. The van der Waals surface area contributed by atoms with Gasteiger partial charge in [0, 0.05) is 19.7 Å². The summed E-state index contributed by atoms with van der Waals surface area (Å²) in [6.45, 7) is 4.62. The van der Waals surface area contributed by atoms with Gasteiger partial charge in [0.05, 0.1) is 24.3 Å². The highest BCUT2D eigenvalue weighted by Crippen LogP contribution is 2.29. The molecule has 0 aliphatic carbocycles. The fraction of sp³-hybridized carbons (Fsp3) is 0.350. The van der Waals surface area contributed by atoms with Crippen molar-refractivity contribution in [1.82, 2.24) is 4.31 Å². The lowest BCUT2D eigenvalue weighted by Gasteiger charge is -2.15. The van der Waals surface area contributed by atoms with Gasteiger partial charge in [0.25, 0.3) is 5.91 Å². The molecule has 0 unspecified atom stereocenters. The van der Waals surface area contributed by atoms with Crippen LogP contribution in [0, 0.1) is 5.92 Å². The summed E-state index contributed by atoms with van der Waals surface area (Å²) in [5, 5.41) is 2.72. The van der Waals surface area contributed by atoms with Gasteiger partial charge in [-0.2, -0.15) is 0 Å². The fourth-order valence-electron chi connectivity index (χ4n) is 2.34. The number of anilines is 1. The number of nitrogens with one attached hydrogen (secondary N) is 1. The van der Waals surface area contributed by atoms with Gasteiger partial charge in [0.2, 0.25) is 10.0 Å². The largest absolute Gasteiger partial charge is 0.495 e. The molecule has 0 saturated heterocycles. The van der Waals surface area contributed by atoms with Crippen LogP contribution in [0.2, 0.25) is 0 Å². The number of carbonyl (C=O) groups is 1. The monoisotopic (exact) mass is 406 g/mol. The summed E-state index contributed by atoms with van der Waals surface area (Å²) >= 11 is 0. The summed E-state index contributed by atoms with van der Waals surface area (Å²) in [5.74, 6) is 0.923.